The first-order valence-corrected chi connectivity index (χ1v) is 9.97. The van der Waals surface area contributed by atoms with Gasteiger partial charge < -0.3 is 5.32 Å². The highest BCUT2D eigenvalue weighted by molar-refractivity contribution is 8.00. The Labute approximate surface area is 173 Å². The van der Waals surface area contributed by atoms with Crippen molar-refractivity contribution in [3.8, 4) is 5.69 Å². The van der Waals surface area contributed by atoms with E-state index in [4.69, 9.17) is 0 Å². The molecule has 2 N–H and O–H groups in total. The zero-order valence-electron chi connectivity index (χ0n) is 16.4. The van der Waals surface area contributed by atoms with E-state index in [0.29, 0.717) is 11.7 Å². The lowest BCUT2D eigenvalue weighted by Gasteiger charge is -2.12. The van der Waals surface area contributed by atoms with Crippen molar-refractivity contribution in [3.05, 3.63) is 65.2 Å². The van der Waals surface area contributed by atoms with Crippen molar-refractivity contribution >= 4 is 23.7 Å². The van der Waals surface area contributed by atoms with Gasteiger partial charge in [-0.3, -0.25) is 10.1 Å². The summed E-state index contributed by atoms with van der Waals surface area (Å²) >= 11 is 1.18. The van der Waals surface area contributed by atoms with Crippen LogP contribution in [-0.2, 0) is 11.3 Å². The molecule has 29 heavy (non-hydrogen) atoms. The number of amides is 3. The van der Waals surface area contributed by atoms with Crippen LogP contribution in [0.5, 0.6) is 0 Å². The molecule has 2 aromatic carbocycles. The second kappa shape index (κ2) is 9.33. The molecule has 3 rings (SSSR count). The third kappa shape index (κ3) is 5.41. The second-order valence-electron chi connectivity index (χ2n) is 6.58. The quantitative estimate of drug-likeness (QED) is 0.606. The number of benzene rings is 2. The minimum atomic E-state index is -0.562. The molecule has 3 amide bonds. The molecule has 0 saturated carbocycles. The number of aromatic nitrogens is 4. The Bertz CT molecular complexity index is 1010. The molecule has 1 heterocycles. The molecule has 8 nitrogen and oxygen atoms in total. The van der Waals surface area contributed by atoms with Gasteiger partial charge in [0.1, 0.15) is 0 Å². The summed E-state index contributed by atoms with van der Waals surface area (Å²) in [6.07, 6.45) is 0. The summed E-state index contributed by atoms with van der Waals surface area (Å²) in [6.45, 7) is 6.03. The number of carbonyl (C=O) groups excluding carboxylic acids is 2. The highest BCUT2D eigenvalue weighted by Crippen LogP contribution is 2.24. The molecule has 0 aliphatic rings. The molecule has 0 aliphatic carbocycles. The van der Waals surface area contributed by atoms with E-state index in [0.717, 1.165) is 22.4 Å². The predicted molar refractivity (Wildman–Crippen MR) is 111 cm³/mol. The monoisotopic (exact) mass is 410 g/mol. The summed E-state index contributed by atoms with van der Waals surface area (Å²) in [7, 11) is 0. The fraction of sp³-hybridized carbons (Fsp3) is 0.250. The maximum Gasteiger partial charge on any atom is 0.321 e. The van der Waals surface area contributed by atoms with Gasteiger partial charge in [0.25, 0.3) is 0 Å². The average molecular weight is 411 g/mol. The van der Waals surface area contributed by atoms with Crippen LogP contribution in [0.3, 0.4) is 0 Å². The van der Waals surface area contributed by atoms with Gasteiger partial charge in [-0.2, -0.15) is 4.68 Å². The molecule has 1 atom stereocenters. The van der Waals surface area contributed by atoms with E-state index in [9.17, 15) is 9.59 Å². The number of imide groups is 1. The summed E-state index contributed by atoms with van der Waals surface area (Å²) in [4.78, 5) is 24.4. The van der Waals surface area contributed by atoms with Crippen molar-refractivity contribution in [1.29, 1.82) is 0 Å². The lowest BCUT2D eigenvalue weighted by Crippen LogP contribution is -2.42. The highest BCUT2D eigenvalue weighted by atomic mass is 32.2. The van der Waals surface area contributed by atoms with E-state index in [1.54, 1.807) is 11.6 Å². The number of hydrogen-bond donors (Lipinski definition) is 2. The van der Waals surface area contributed by atoms with Crippen molar-refractivity contribution < 1.29 is 9.59 Å². The van der Waals surface area contributed by atoms with Crippen LogP contribution in [0.2, 0.25) is 0 Å². The van der Waals surface area contributed by atoms with Gasteiger partial charge in [-0.1, -0.05) is 59.8 Å². The zero-order valence-corrected chi connectivity index (χ0v) is 17.2. The highest BCUT2D eigenvalue weighted by Gasteiger charge is 2.21. The number of tetrazole rings is 1. The average Bonchev–Trinajstić information content (AvgIpc) is 3.15. The van der Waals surface area contributed by atoms with E-state index in [1.807, 2.05) is 62.4 Å². The maximum atomic E-state index is 12.4. The van der Waals surface area contributed by atoms with E-state index >= 15 is 0 Å². The van der Waals surface area contributed by atoms with Crippen LogP contribution in [-0.4, -0.2) is 37.4 Å². The topological polar surface area (TPSA) is 102 Å². The Morgan fingerprint density at radius 2 is 1.90 bits per heavy atom. The lowest BCUT2D eigenvalue weighted by atomic mass is 10.1. The Morgan fingerprint density at radius 3 is 2.62 bits per heavy atom. The minimum absolute atomic E-state index is 0.340. The van der Waals surface area contributed by atoms with Crippen molar-refractivity contribution in [2.24, 2.45) is 0 Å². The Balaban J connectivity index is 1.59. The van der Waals surface area contributed by atoms with Crippen molar-refractivity contribution in [2.75, 3.05) is 0 Å². The molecular weight excluding hydrogens is 388 g/mol. The van der Waals surface area contributed by atoms with Crippen molar-refractivity contribution in [2.45, 2.75) is 37.7 Å². The first kappa shape index (κ1) is 20.5. The van der Waals surface area contributed by atoms with Crippen LogP contribution in [0.1, 0.15) is 23.6 Å². The van der Waals surface area contributed by atoms with Crippen LogP contribution in [0.4, 0.5) is 4.79 Å². The molecule has 0 bridgehead atoms. The summed E-state index contributed by atoms with van der Waals surface area (Å²) in [5.74, 6) is -0.421. The fourth-order valence-electron chi connectivity index (χ4n) is 2.69. The van der Waals surface area contributed by atoms with Gasteiger partial charge in [0.15, 0.2) is 0 Å². The van der Waals surface area contributed by atoms with Crippen LogP contribution < -0.4 is 10.6 Å². The van der Waals surface area contributed by atoms with Gasteiger partial charge in [0, 0.05) is 6.54 Å². The molecule has 0 radical (unpaired) electrons. The number of thioether (sulfide) groups is 1. The number of nitrogens with zero attached hydrogens (tertiary/aromatic N) is 4. The van der Waals surface area contributed by atoms with Crippen molar-refractivity contribution in [1.82, 2.24) is 30.8 Å². The molecule has 150 valence electrons. The molecule has 0 spiro atoms. The SMILES string of the molecule is Cc1ccc(-n2nnnc2S[C@@H](C)C(=O)NC(=O)NCc2ccccc2)c(C)c1. The number of aryl methyl sites for hydroxylation is 2. The number of nitrogens with one attached hydrogen (secondary N) is 2. The number of rotatable bonds is 6. The van der Waals surface area contributed by atoms with E-state index in [-0.39, 0.29) is 0 Å². The normalized spacial score (nSPS) is 11.7. The summed E-state index contributed by atoms with van der Waals surface area (Å²) in [5, 5.41) is 16.7. The Hall–Kier alpha value is -3.20. The Morgan fingerprint density at radius 1 is 1.14 bits per heavy atom. The zero-order chi connectivity index (χ0) is 20.8. The molecule has 1 aromatic heterocycles. The molecule has 9 heteroatoms. The summed E-state index contributed by atoms with van der Waals surface area (Å²) in [5.41, 5.74) is 3.96. The first-order valence-electron chi connectivity index (χ1n) is 9.09. The molecular formula is C20H22N6O2S. The third-order valence-corrected chi connectivity index (χ3v) is 5.24. The molecule has 0 aliphatic heterocycles. The first-order chi connectivity index (χ1) is 13.9. The summed E-state index contributed by atoms with van der Waals surface area (Å²) in [6, 6.07) is 14.9. The second-order valence-corrected chi connectivity index (χ2v) is 7.89. The van der Waals surface area contributed by atoms with Gasteiger partial charge in [0.05, 0.1) is 10.9 Å². The molecule has 3 aromatic rings. The third-order valence-electron chi connectivity index (χ3n) is 4.21. The fourth-order valence-corrected chi connectivity index (χ4v) is 3.49. The summed E-state index contributed by atoms with van der Waals surface area (Å²) < 4.78 is 1.60. The maximum absolute atomic E-state index is 12.4. The molecule has 0 unspecified atom stereocenters. The minimum Gasteiger partial charge on any atom is -0.334 e. The largest absolute Gasteiger partial charge is 0.334 e. The molecule has 0 fully saturated rings. The predicted octanol–water partition coefficient (Wildman–Crippen LogP) is 2.79. The number of hydrogen-bond acceptors (Lipinski definition) is 6. The Kier molecular flexibility index (Phi) is 6.61. The number of carbonyl (C=O) groups is 2. The lowest BCUT2D eigenvalue weighted by molar-refractivity contribution is -0.119. The number of urea groups is 1. The van der Waals surface area contributed by atoms with Gasteiger partial charge in [-0.25, -0.2) is 4.79 Å². The van der Waals surface area contributed by atoms with Crippen LogP contribution in [0.15, 0.2) is 53.7 Å². The van der Waals surface area contributed by atoms with E-state index < -0.39 is 17.2 Å². The van der Waals surface area contributed by atoms with Gasteiger partial charge in [0.2, 0.25) is 11.1 Å². The van der Waals surface area contributed by atoms with E-state index in [2.05, 4.69) is 26.2 Å². The van der Waals surface area contributed by atoms with Gasteiger partial charge in [-0.15, -0.1) is 5.10 Å². The van der Waals surface area contributed by atoms with Gasteiger partial charge >= 0.3 is 6.03 Å². The van der Waals surface area contributed by atoms with Crippen LogP contribution >= 0.6 is 11.8 Å². The van der Waals surface area contributed by atoms with Crippen LogP contribution in [0.25, 0.3) is 5.69 Å². The van der Waals surface area contributed by atoms with Gasteiger partial charge in [-0.05, 0) is 48.4 Å². The smallest absolute Gasteiger partial charge is 0.321 e. The standard InChI is InChI=1S/C20H22N6O2S/c1-13-9-10-17(14(2)11-13)26-20(23-24-25-26)29-15(3)18(27)22-19(28)21-12-16-7-5-4-6-8-16/h4-11,15H,12H2,1-3H3,(H2,21,22,27,28)/t15-/m0/s1. The molecule has 0 saturated heterocycles. The van der Waals surface area contributed by atoms with E-state index in [1.165, 1.54) is 11.8 Å². The van der Waals surface area contributed by atoms with Crippen molar-refractivity contribution in [3.63, 3.8) is 0 Å². The van der Waals surface area contributed by atoms with Crippen LogP contribution in [0, 0.1) is 13.8 Å².